The first-order chi connectivity index (χ1) is 28.5. The molecule has 0 amide bonds. The molecule has 0 atom stereocenters. The van der Waals surface area contributed by atoms with Gasteiger partial charge in [0.15, 0.2) is 0 Å². The van der Waals surface area contributed by atoms with E-state index in [-0.39, 0.29) is 5.41 Å². The smallest absolute Gasteiger partial charge is 0.143 e. The minimum absolute atomic E-state index is 0.123. The Bertz CT molecular complexity index is 3420. The molecule has 2 heterocycles. The fourth-order valence-electron chi connectivity index (χ4n) is 9.64. The SMILES string of the molecule is CC1(C)c2ccccc2-c2ccc(N(c3ccccc3)c3cccc4oc5c6ccccc6c(-c6ccc(-c7ccc8oc9ccccc9c8c7)cc6)cc5c34)cc21. The Hall–Kier alpha value is -7.36. The summed E-state index contributed by atoms with van der Waals surface area (Å²) in [5.74, 6) is 0. The average molecular weight is 744 g/mol. The zero-order valence-electron chi connectivity index (χ0n) is 32.2. The van der Waals surface area contributed by atoms with Crippen LogP contribution in [-0.2, 0) is 5.41 Å². The molecular weight excluding hydrogens is 707 g/mol. The van der Waals surface area contributed by atoms with Crippen molar-refractivity contribution >= 4 is 71.7 Å². The van der Waals surface area contributed by atoms with Crippen LogP contribution in [0.15, 0.2) is 197 Å². The fourth-order valence-corrected chi connectivity index (χ4v) is 9.64. The quantitative estimate of drug-likeness (QED) is 0.176. The van der Waals surface area contributed by atoms with Gasteiger partial charge in [-0.05, 0) is 111 Å². The second-order valence-electron chi connectivity index (χ2n) is 16.1. The van der Waals surface area contributed by atoms with E-state index in [0.717, 1.165) is 88.4 Å². The molecule has 1 aliphatic rings. The third-order valence-electron chi connectivity index (χ3n) is 12.5. The van der Waals surface area contributed by atoms with Crippen molar-refractivity contribution in [3.05, 3.63) is 199 Å². The summed E-state index contributed by atoms with van der Waals surface area (Å²) in [6.45, 7) is 4.69. The minimum atomic E-state index is -0.123. The van der Waals surface area contributed by atoms with Crippen LogP contribution in [0.25, 0.3) is 88.0 Å². The van der Waals surface area contributed by atoms with Crippen molar-refractivity contribution in [1.82, 2.24) is 0 Å². The lowest BCUT2D eigenvalue weighted by Gasteiger charge is -2.28. The van der Waals surface area contributed by atoms with Crippen LogP contribution in [0.3, 0.4) is 0 Å². The Morgan fingerprint density at radius 3 is 1.91 bits per heavy atom. The summed E-state index contributed by atoms with van der Waals surface area (Å²) in [5, 5.41) is 6.72. The van der Waals surface area contributed by atoms with E-state index in [0.29, 0.717) is 0 Å². The van der Waals surface area contributed by atoms with E-state index in [2.05, 4.69) is 195 Å². The number of furan rings is 2. The molecule has 2 aromatic heterocycles. The molecule has 274 valence electrons. The van der Waals surface area contributed by atoms with Crippen molar-refractivity contribution in [2.24, 2.45) is 0 Å². The maximum atomic E-state index is 6.87. The van der Waals surface area contributed by atoms with Gasteiger partial charge in [-0.2, -0.15) is 0 Å². The maximum Gasteiger partial charge on any atom is 0.143 e. The molecule has 0 saturated heterocycles. The molecule has 58 heavy (non-hydrogen) atoms. The molecule has 0 N–H and O–H groups in total. The van der Waals surface area contributed by atoms with Crippen LogP contribution < -0.4 is 4.90 Å². The van der Waals surface area contributed by atoms with Gasteiger partial charge in [-0.1, -0.05) is 141 Å². The van der Waals surface area contributed by atoms with E-state index in [9.17, 15) is 0 Å². The van der Waals surface area contributed by atoms with Crippen LogP contribution in [0.5, 0.6) is 0 Å². The first kappa shape index (κ1) is 32.8. The highest BCUT2D eigenvalue weighted by atomic mass is 16.3. The first-order valence-electron chi connectivity index (χ1n) is 20.0. The topological polar surface area (TPSA) is 29.5 Å². The summed E-state index contributed by atoms with van der Waals surface area (Å²) >= 11 is 0. The highest BCUT2D eigenvalue weighted by molar-refractivity contribution is 6.22. The van der Waals surface area contributed by atoms with E-state index in [1.165, 1.54) is 27.8 Å². The van der Waals surface area contributed by atoms with Crippen LogP contribution in [-0.4, -0.2) is 0 Å². The van der Waals surface area contributed by atoms with E-state index >= 15 is 0 Å². The Morgan fingerprint density at radius 1 is 0.379 bits per heavy atom. The van der Waals surface area contributed by atoms with E-state index in [4.69, 9.17) is 8.83 Å². The molecule has 0 bridgehead atoms. The molecule has 0 radical (unpaired) electrons. The Labute approximate surface area is 336 Å². The lowest BCUT2D eigenvalue weighted by Crippen LogP contribution is -2.16. The number of nitrogens with zero attached hydrogens (tertiary/aromatic N) is 1. The summed E-state index contributed by atoms with van der Waals surface area (Å²) in [6.07, 6.45) is 0. The molecule has 9 aromatic carbocycles. The summed E-state index contributed by atoms with van der Waals surface area (Å²) in [4.78, 5) is 2.40. The normalized spacial score (nSPS) is 13.1. The average Bonchev–Trinajstić information content (AvgIpc) is 3.92. The molecule has 3 heteroatoms. The number of benzene rings is 9. The monoisotopic (exact) mass is 743 g/mol. The summed E-state index contributed by atoms with van der Waals surface area (Å²) in [6, 6.07) is 67.7. The van der Waals surface area contributed by atoms with Gasteiger partial charge in [0, 0.05) is 38.3 Å². The number of hydrogen-bond donors (Lipinski definition) is 0. The van der Waals surface area contributed by atoms with Crippen molar-refractivity contribution < 1.29 is 8.83 Å². The van der Waals surface area contributed by atoms with E-state index in [1.54, 1.807) is 0 Å². The summed E-state index contributed by atoms with van der Waals surface area (Å²) in [7, 11) is 0. The van der Waals surface area contributed by atoms with Crippen molar-refractivity contribution in [3.8, 4) is 33.4 Å². The number of anilines is 3. The number of fused-ring (bicyclic) bond motifs is 11. The molecule has 0 unspecified atom stereocenters. The van der Waals surface area contributed by atoms with Gasteiger partial charge in [0.25, 0.3) is 0 Å². The Kier molecular flexibility index (Phi) is 6.98. The highest BCUT2D eigenvalue weighted by Crippen LogP contribution is 2.52. The van der Waals surface area contributed by atoms with Crippen molar-refractivity contribution in [2.75, 3.05) is 4.90 Å². The van der Waals surface area contributed by atoms with E-state index in [1.807, 2.05) is 12.1 Å². The lowest BCUT2D eigenvalue weighted by atomic mass is 9.82. The van der Waals surface area contributed by atoms with E-state index < -0.39 is 0 Å². The summed E-state index contributed by atoms with van der Waals surface area (Å²) in [5.41, 5.74) is 16.7. The van der Waals surface area contributed by atoms with Gasteiger partial charge in [-0.15, -0.1) is 0 Å². The number of hydrogen-bond acceptors (Lipinski definition) is 3. The van der Waals surface area contributed by atoms with Crippen LogP contribution in [0.2, 0.25) is 0 Å². The number of para-hydroxylation sites is 2. The van der Waals surface area contributed by atoms with Crippen molar-refractivity contribution in [2.45, 2.75) is 19.3 Å². The van der Waals surface area contributed by atoms with Crippen molar-refractivity contribution in [1.29, 1.82) is 0 Å². The molecule has 0 aliphatic heterocycles. The molecule has 11 aromatic rings. The molecule has 12 rings (SSSR count). The fraction of sp³-hybridized carbons (Fsp3) is 0.0545. The van der Waals surface area contributed by atoms with Crippen LogP contribution in [0, 0.1) is 0 Å². The predicted octanol–water partition coefficient (Wildman–Crippen LogP) is 15.7. The standard InChI is InChI=1S/C55H37NO2/c1-55(2)47-19-10-8-16-40(47)41-29-28-38(32-48(41)55)56(37-13-4-3-5-14-37)49-20-12-22-52-53(49)46-33-44(39-15-6-7-18-43(39)54(46)58-52)35-25-23-34(24-26-35)36-27-30-51-45(31-36)42-17-9-11-21-50(42)57-51/h3-33H,1-2H3. The van der Waals surface area contributed by atoms with Gasteiger partial charge in [-0.3, -0.25) is 0 Å². The van der Waals surface area contributed by atoms with Crippen LogP contribution in [0.1, 0.15) is 25.0 Å². The third-order valence-corrected chi connectivity index (χ3v) is 12.5. The van der Waals surface area contributed by atoms with Gasteiger partial charge >= 0.3 is 0 Å². The molecule has 0 saturated carbocycles. The van der Waals surface area contributed by atoms with Gasteiger partial charge in [0.2, 0.25) is 0 Å². The molecule has 3 nitrogen and oxygen atoms in total. The van der Waals surface area contributed by atoms with Gasteiger partial charge in [0.05, 0.1) is 11.1 Å². The van der Waals surface area contributed by atoms with Gasteiger partial charge in [-0.25, -0.2) is 0 Å². The summed E-state index contributed by atoms with van der Waals surface area (Å²) < 4.78 is 13.0. The van der Waals surface area contributed by atoms with Crippen LogP contribution >= 0.6 is 0 Å². The van der Waals surface area contributed by atoms with Gasteiger partial charge < -0.3 is 13.7 Å². The second-order valence-corrected chi connectivity index (χ2v) is 16.1. The molecule has 0 fully saturated rings. The molecule has 0 spiro atoms. The lowest BCUT2D eigenvalue weighted by molar-refractivity contribution is 0.660. The van der Waals surface area contributed by atoms with Crippen molar-refractivity contribution in [3.63, 3.8) is 0 Å². The Morgan fingerprint density at radius 2 is 1.05 bits per heavy atom. The molecule has 1 aliphatic carbocycles. The largest absolute Gasteiger partial charge is 0.456 e. The highest BCUT2D eigenvalue weighted by Gasteiger charge is 2.36. The van der Waals surface area contributed by atoms with Crippen LogP contribution in [0.4, 0.5) is 17.1 Å². The first-order valence-corrected chi connectivity index (χ1v) is 20.0. The second kappa shape index (κ2) is 12.3. The maximum absolute atomic E-state index is 6.87. The number of rotatable bonds is 5. The van der Waals surface area contributed by atoms with Gasteiger partial charge in [0.1, 0.15) is 22.3 Å². The zero-order chi connectivity index (χ0) is 38.5. The molecular formula is C55H37NO2. The minimum Gasteiger partial charge on any atom is -0.456 e. The third kappa shape index (κ3) is 4.80. The predicted molar refractivity (Wildman–Crippen MR) is 242 cm³/mol. The Balaban J connectivity index is 1.03. The zero-order valence-corrected chi connectivity index (χ0v) is 32.2.